The number of hydrogen-bond acceptors (Lipinski definition) is 7. The smallest absolute Gasteiger partial charge is 0.236 e. The van der Waals surface area contributed by atoms with Gasteiger partial charge < -0.3 is 14.6 Å². The first-order chi connectivity index (χ1) is 15.4. The molecular formula is C23H25N5O2S2. The van der Waals surface area contributed by atoms with Crippen molar-refractivity contribution in [3.8, 4) is 5.75 Å². The monoisotopic (exact) mass is 467 g/mol. The highest BCUT2D eigenvalue weighted by Gasteiger charge is 2.20. The fraction of sp³-hybridized carbons (Fsp3) is 0.304. The number of carbonyl (C=O) groups excluding carboxylic acids is 1. The highest BCUT2D eigenvalue weighted by molar-refractivity contribution is 7.99. The van der Waals surface area contributed by atoms with Gasteiger partial charge >= 0.3 is 0 Å². The van der Waals surface area contributed by atoms with Crippen LogP contribution in [0.5, 0.6) is 5.75 Å². The summed E-state index contributed by atoms with van der Waals surface area (Å²) in [5.41, 5.74) is 3.29. The summed E-state index contributed by atoms with van der Waals surface area (Å²) >= 11 is 2.82. The summed E-state index contributed by atoms with van der Waals surface area (Å²) in [6.07, 6.45) is -0.268. The van der Waals surface area contributed by atoms with Crippen LogP contribution >= 0.6 is 23.1 Å². The van der Waals surface area contributed by atoms with Crippen molar-refractivity contribution in [1.29, 1.82) is 0 Å². The molecule has 0 aliphatic rings. The molecule has 0 spiro atoms. The summed E-state index contributed by atoms with van der Waals surface area (Å²) in [6, 6.07) is 13.9. The van der Waals surface area contributed by atoms with Crippen LogP contribution in [0, 0.1) is 13.8 Å². The lowest BCUT2D eigenvalue weighted by molar-refractivity contribution is -0.113. The maximum absolute atomic E-state index is 12.5. The molecule has 0 bridgehead atoms. The minimum Gasteiger partial charge on any atom is -0.483 e. The van der Waals surface area contributed by atoms with E-state index in [9.17, 15) is 4.79 Å². The van der Waals surface area contributed by atoms with Crippen molar-refractivity contribution in [3.05, 3.63) is 59.4 Å². The third-order valence-electron chi connectivity index (χ3n) is 5.09. The van der Waals surface area contributed by atoms with Crippen molar-refractivity contribution in [2.24, 2.45) is 0 Å². The van der Waals surface area contributed by atoms with Gasteiger partial charge in [0.15, 0.2) is 22.2 Å². The van der Waals surface area contributed by atoms with Crippen LogP contribution in [0.2, 0.25) is 0 Å². The standard InChI is InChI=1S/C23H25N5O2S2/c1-5-28-21(16(4)30-17-11-10-14(2)15(3)12-17)26-27-23(28)31-13-20(29)25-22-24-18-8-6-7-9-19(18)32-22/h6-12,16H,5,13H2,1-4H3,(H,24,25,29). The lowest BCUT2D eigenvalue weighted by Gasteiger charge is -2.16. The Morgan fingerprint density at radius 2 is 2.00 bits per heavy atom. The van der Waals surface area contributed by atoms with E-state index in [1.807, 2.05) is 60.9 Å². The van der Waals surface area contributed by atoms with Gasteiger partial charge in [0.05, 0.1) is 16.0 Å². The molecule has 0 saturated carbocycles. The predicted octanol–water partition coefficient (Wildman–Crippen LogP) is 5.40. The van der Waals surface area contributed by atoms with Gasteiger partial charge in [0, 0.05) is 6.54 Å². The molecular weight excluding hydrogens is 442 g/mol. The average molecular weight is 468 g/mol. The minimum absolute atomic E-state index is 0.124. The molecule has 1 amide bonds. The predicted molar refractivity (Wildman–Crippen MR) is 130 cm³/mol. The molecule has 0 fully saturated rings. The zero-order valence-corrected chi connectivity index (χ0v) is 20.1. The number of rotatable bonds is 8. The zero-order valence-electron chi connectivity index (χ0n) is 18.5. The summed E-state index contributed by atoms with van der Waals surface area (Å²) in [5.74, 6) is 1.64. The van der Waals surface area contributed by atoms with E-state index in [0.29, 0.717) is 16.8 Å². The molecule has 32 heavy (non-hydrogen) atoms. The lowest BCUT2D eigenvalue weighted by Crippen LogP contribution is -2.15. The molecule has 2 aromatic carbocycles. The van der Waals surface area contributed by atoms with E-state index < -0.39 is 0 Å². The van der Waals surface area contributed by atoms with Crippen molar-refractivity contribution in [3.63, 3.8) is 0 Å². The number of thiazole rings is 1. The SMILES string of the molecule is CCn1c(SCC(=O)Nc2nc3ccccc3s2)nnc1C(C)Oc1ccc(C)c(C)c1. The van der Waals surface area contributed by atoms with E-state index in [0.717, 1.165) is 21.8 Å². The molecule has 1 unspecified atom stereocenters. The van der Waals surface area contributed by atoms with Gasteiger partial charge in [-0.2, -0.15) is 0 Å². The number of nitrogens with zero attached hydrogens (tertiary/aromatic N) is 4. The third-order valence-corrected chi connectivity index (χ3v) is 7.01. The maximum atomic E-state index is 12.5. The van der Waals surface area contributed by atoms with Gasteiger partial charge in [0.25, 0.3) is 0 Å². The van der Waals surface area contributed by atoms with Crippen molar-refractivity contribution >= 4 is 44.4 Å². The van der Waals surface area contributed by atoms with Crippen LogP contribution in [0.1, 0.15) is 36.9 Å². The Balaban J connectivity index is 1.39. The van der Waals surface area contributed by atoms with Crippen LogP contribution in [-0.4, -0.2) is 31.4 Å². The number of benzene rings is 2. The summed E-state index contributed by atoms with van der Waals surface area (Å²) in [7, 11) is 0. The third kappa shape index (κ3) is 4.94. The first-order valence-electron chi connectivity index (χ1n) is 10.4. The van der Waals surface area contributed by atoms with Gasteiger partial charge in [-0.15, -0.1) is 10.2 Å². The normalized spacial score (nSPS) is 12.1. The first kappa shape index (κ1) is 22.3. The number of thioether (sulfide) groups is 1. The molecule has 1 N–H and O–H groups in total. The molecule has 2 heterocycles. The van der Waals surface area contributed by atoms with Gasteiger partial charge in [0.1, 0.15) is 5.75 Å². The summed E-state index contributed by atoms with van der Waals surface area (Å²) in [5, 5.41) is 12.8. The van der Waals surface area contributed by atoms with E-state index in [2.05, 4.69) is 34.3 Å². The molecule has 4 aromatic rings. The fourth-order valence-electron chi connectivity index (χ4n) is 3.26. The van der Waals surface area contributed by atoms with Crippen molar-refractivity contribution in [2.75, 3.05) is 11.1 Å². The molecule has 0 saturated heterocycles. The molecule has 166 valence electrons. The lowest BCUT2D eigenvalue weighted by atomic mass is 10.1. The van der Waals surface area contributed by atoms with Crippen LogP contribution in [0.4, 0.5) is 5.13 Å². The molecule has 2 aromatic heterocycles. The number of aryl methyl sites for hydroxylation is 2. The van der Waals surface area contributed by atoms with Crippen LogP contribution < -0.4 is 10.1 Å². The molecule has 0 aliphatic heterocycles. The number of nitrogens with one attached hydrogen (secondary N) is 1. The molecule has 7 nitrogen and oxygen atoms in total. The summed E-state index contributed by atoms with van der Waals surface area (Å²) in [6.45, 7) is 8.81. The van der Waals surface area contributed by atoms with Crippen LogP contribution in [0.25, 0.3) is 10.2 Å². The first-order valence-corrected chi connectivity index (χ1v) is 12.2. The van der Waals surface area contributed by atoms with E-state index in [4.69, 9.17) is 4.74 Å². The van der Waals surface area contributed by atoms with E-state index in [-0.39, 0.29) is 17.8 Å². The number of carbonyl (C=O) groups is 1. The minimum atomic E-state index is -0.268. The van der Waals surface area contributed by atoms with Gasteiger partial charge in [-0.05, 0) is 63.1 Å². The average Bonchev–Trinajstić information content (AvgIpc) is 3.37. The van der Waals surface area contributed by atoms with Crippen LogP contribution in [-0.2, 0) is 11.3 Å². The maximum Gasteiger partial charge on any atom is 0.236 e. The van der Waals surface area contributed by atoms with Gasteiger partial charge in [0.2, 0.25) is 5.91 Å². The number of ether oxygens (including phenoxy) is 1. The van der Waals surface area contributed by atoms with Crippen molar-refractivity contribution < 1.29 is 9.53 Å². The topological polar surface area (TPSA) is 81.9 Å². The second kappa shape index (κ2) is 9.70. The summed E-state index contributed by atoms with van der Waals surface area (Å²) < 4.78 is 9.14. The number of amides is 1. The Kier molecular flexibility index (Phi) is 6.76. The van der Waals surface area contributed by atoms with Crippen molar-refractivity contribution in [2.45, 2.75) is 45.5 Å². The van der Waals surface area contributed by atoms with E-state index in [1.54, 1.807) is 0 Å². The fourth-order valence-corrected chi connectivity index (χ4v) is 4.95. The number of hydrogen-bond donors (Lipinski definition) is 1. The van der Waals surface area contributed by atoms with Gasteiger partial charge in [-0.1, -0.05) is 41.3 Å². The highest BCUT2D eigenvalue weighted by Crippen LogP contribution is 2.27. The number of para-hydroxylation sites is 1. The Morgan fingerprint density at radius 3 is 2.75 bits per heavy atom. The van der Waals surface area contributed by atoms with Gasteiger partial charge in [-0.3, -0.25) is 4.79 Å². The summed E-state index contributed by atoms with van der Waals surface area (Å²) in [4.78, 5) is 16.9. The molecule has 1 atom stereocenters. The number of fused-ring (bicyclic) bond motifs is 1. The van der Waals surface area contributed by atoms with Gasteiger partial charge in [-0.25, -0.2) is 4.98 Å². The molecule has 4 rings (SSSR count). The molecule has 9 heteroatoms. The number of aromatic nitrogens is 4. The molecule has 0 radical (unpaired) electrons. The Labute approximate surface area is 195 Å². The molecule has 0 aliphatic carbocycles. The number of anilines is 1. The zero-order chi connectivity index (χ0) is 22.7. The quantitative estimate of drug-likeness (QED) is 0.350. The highest BCUT2D eigenvalue weighted by atomic mass is 32.2. The second-order valence-electron chi connectivity index (χ2n) is 7.41. The largest absolute Gasteiger partial charge is 0.483 e. The van der Waals surface area contributed by atoms with E-state index >= 15 is 0 Å². The van der Waals surface area contributed by atoms with Crippen molar-refractivity contribution in [1.82, 2.24) is 19.7 Å². The Morgan fingerprint density at radius 1 is 1.19 bits per heavy atom. The van der Waals surface area contributed by atoms with Crippen LogP contribution in [0.15, 0.2) is 47.6 Å². The van der Waals surface area contributed by atoms with Crippen LogP contribution in [0.3, 0.4) is 0 Å². The second-order valence-corrected chi connectivity index (χ2v) is 9.39. The van der Waals surface area contributed by atoms with E-state index in [1.165, 1.54) is 34.2 Å². The Hall–Kier alpha value is -2.91. The Bertz CT molecular complexity index is 1220.